The first-order chi connectivity index (χ1) is 12.6. The fourth-order valence-electron chi connectivity index (χ4n) is 2.67. The van der Waals surface area contributed by atoms with E-state index in [2.05, 4.69) is 0 Å². The Balaban J connectivity index is 5.80. The molecule has 0 amide bonds. The van der Waals surface area contributed by atoms with Gasteiger partial charge >= 0.3 is 24.7 Å². The van der Waals surface area contributed by atoms with E-state index in [0.29, 0.717) is 6.42 Å². The highest BCUT2D eigenvalue weighted by molar-refractivity contribution is 4.98. The molecular weight excluding hydrogens is 446 g/mol. The molecule has 0 aromatic carbocycles. The lowest BCUT2D eigenvalue weighted by Gasteiger charge is -2.35. The minimum Gasteiger partial charge on any atom is -0.224 e. The zero-order valence-corrected chi connectivity index (χ0v) is 14.8. The van der Waals surface area contributed by atoms with Gasteiger partial charge in [0, 0.05) is 6.42 Å². The first-order valence-electron chi connectivity index (χ1n) is 8.28. The monoisotopic (exact) mass is 464 g/mol. The molecule has 0 aliphatic rings. The van der Waals surface area contributed by atoms with Crippen molar-refractivity contribution >= 4 is 0 Å². The minimum atomic E-state index is -6.52. The SMILES string of the molecule is CCCCCC(CCC(F)(C(F)(F)F)C(F)(F)F)CC(F)(C(F)(F)F)C(F)(F)F. The summed E-state index contributed by atoms with van der Waals surface area (Å²) in [6, 6.07) is 0. The van der Waals surface area contributed by atoms with Gasteiger partial charge in [-0.2, -0.15) is 52.7 Å². The van der Waals surface area contributed by atoms with Crippen molar-refractivity contribution in [2.75, 3.05) is 0 Å². The van der Waals surface area contributed by atoms with Crippen LogP contribution in [-0.2, 0) is 0 Å². The van der Waals surface area contributed by atoms with Crippen molar-refractivity contribution in [1.82, 2.24) is 0 Å². The number of hydrogen-bond donors (Lipinski definition) is 0. The van der Waals surface area contributed by atoms with Gasteiger partial charge in [-0.1, -0.05) is 32.6 Å². The van der Waals surface area contributed by atoms with Gasteiger partial charge in [-0.25, -0.2) is 8.78 Å². The maximum atomic E-state index is 13.9. The molecule has 1 atom stereocenters. The molecule has 0 saturated heterocycles. The van der Waals surface area contributed by atoms with Crippen molar-refractivity contribution in [2.45, 2.75) is 87.9 Å². The summed E-state index contributed by atoms with van der Waals surface area (Å²) in [5.41, 5.74) is -11.7. The third-order valence-corrected chi connectivity index (χ3v) is 4.48. The maximum absolute atomic E-state index is 13.9. The third kappa shape index (κ3) is 6.50. The molecule has 14 heteroatoms. The summed E-state index contributed by atoms with van der Waals surface area (Å²) in [6.45, 7) is 1.54. The summed E-state index contributed by atoms with van der Waals surface area (Å²) in [6.07, 6.45) is -33.1. The maximum Gasteiger partial charge on any atom is 0.431 e. The van der Waals surface area contributed by atoms with E-state index in [9.17, 15) is 61.5 Å². The Kier molecular flexibility index (Phi) is 8.72. The Labute approximate surface area is 156 Å². The molecule has 0 spiro atoms. The molecule has 0 aromatic heterocycles. The molecule has 0 heterocycles. The van der Waals surface area contributed by atoms with Gasteiger partial charge in [0.25, 0.3) is 11.3 Å². The first kappa shape index (κ1) is 28.0. The van der Waals surface area contributed by atoms with Gasteiger partial charge in [0.1, 0.15) is 0 Å². The lowest BCUT2D eigenvalue weighted by molar-refractivity contribution is -0.350. The van der Waals surface area contributed by atoms with E-state index in [1.807, 2.05) is 0 Å². The van der Waals surface area contributed by atoms with Crippen LogP contribution in [0.3, 0.4) is 0 Å². The van der Waals surface area contributed by atoms with Crippen molar-refractivity contribution in [1.29, 1.82) is 0 Å². The Morgan fingerprint density at radius 2 is 0.897 bits per heavy atom. The normalized spacial score (nSPS) is 16.2. The van der Waals surface area contributed by atoms with Crippen LogP contribution in [-0.4, -0.2) is 36.0 Å². The molecule has 0 nitrogen and oxygen atoms in total. The second-order valence-corrected chi connectivity index (χ2v) is 6.70. The average molecular weight is 464 g/mol. The Morgan fingerprint density at radius 3 is 1.21 bits per heavy atom. The summed E-state index contributed by atoms with van der Waals surface area (Å²) in [5, 5.41) is 0. The van der Waals surface area contributed by atoms with Crippen LogP contribution in [0.1, 0.15) is 51.9 Å². The third-order valence-electron chi connectivity index (χ3n) is 4.48. The number of hydrogen-bond acceptors (Lipinski definition) is 0. The van der Waals surface area contributed by atoms with Crippen LogP contribution in [0.2, 0.25) is 0 Å². The van der Waals surface area contributed by atoms with Crippen LogP contribution in [0.15, 0.2) is 0 Å². The molecule has 0 fully saturated rings. The number of rotatable bonds is 9. The highest BCUT2D eigenvalue weighted by Gasteiger charge is 2.74. The predicted octanol–water partition coefficient (Wildman–Crippen LogP) is 8.02. The van der Waals surface area contributed by atoms with E-state index in [0.717, 1.165) is 0 Å². The van der Waals surface area contributed by atoms with Crippen LogP contribution in [0.4, 0.5) is 61.5 Å². The van der Waals surface area contributed by atoms with Crippen LogP contribution in [0.5, 0.6) is 0 Å². The van der Waals surface area contributed by atoms with Crippen LogP contribution < -0.4 is 0 Å². The van der Waals surface area contributed by atoms with Gasteiger partial charge in [0.05, 0.1) is 0 Å². The molecular formula is C15H18F14. The molecule has 0 aliphatic heterocycles. The van der Waals surface area contributed by atoms with E-state index in [-0.39, 0.29) is 12.8 Å². The van der Waals surface area contributed by atoms with Gasteiger partial charge in [-0.05, 0) is 18.8 Å². The Morgan fingerprint density at radius 1 is 0.517 bits per heavy atom. The van der Waals surface area contributed by atoms with Crippen LogP contribution in [0.25, 0.3) is 0 Å². The lowest BCUT2D eigenvalue weighted by Crippen LogP contribution is -2.55. The summed E-state index contributed by atoms with van der Waals surface area (Å²) in [7, 11) is 0. The molecule has 0 saturated carbocycles. The molecule has 29 heavy (non-hydrogen) atoms. The van der Waals surface area contributed by atoms with Crippen molar-refractivity contribution in [3.05, 3.63) is 0 Å². The fourth-order valence-corrected chi connectivity index (χ4v) is 2.67. The smallest absolute Gasteiger partial charge is 0.224 e. The molecule has 0 aromatic rings. The largest absolute Gasteiger partial charge is 0.431 e. The van der Waals surface area contributed by atoms with Crippen molar-refractivity contribution in [2.24, 2.45) is 5.92 Å². The summed E-state index contributed by atoms with van der Waals surface area (Å²) in [5.74, 6) is -2.23. The van der Waals surface area contributed by atoms with Gasteiger partial charge in [-0.3, -0.25) is 0 Å². The van der Waals surface area contributed by atoms with Gasteiger partial charge < -0.3 is 0 Å². The van der Waals surface area contributed by atoms with Crippen LogP contribution >= 0.6 is 0 Å². The number of unbranched alkanes of at least 4 members (excludes halogenated alkanes) is 2. The average Bonchev–Trinajstić information content (AvgIpc) is 2.47. The van der Waals surface area contributed by atoms with E-state index < -0.39 is 67.6 Å². The zero-order valence-electron chi connectivity index (χ0n) is 14.8. The Hall–Kier alpha value is -0.980. The minimum absolute atomic E-state index is 0.160. The van der Waals surface area contributed by atoms with E-state index in [4.69, 9.17) is 0 Å². The quantitative estimate of drug-likeness (QED) is 0.240. The molecule has 0 bridgehead atoms. The van der Waals surface area contributed by atoms with Crippen molar-refractivity contribution < 1.29 is 61.5 Å². The molecule has 0 radical (unpaired) electrons. The standard InChI is InChI=1S/C15H18F14/c1-2-3-4-5-9(8-11(17,14(24,25)26)15(27,28)29)6-7-10(16,12(18,19)20)13(21,22)23/h9H,2-8H2,1H3. The highest BCUT2D eigenvalue weighted by atomic mass is 19.4. The molecule has 176 valence electrons. The van der Waals surface area contributed by atoms with E-state index in [1.165, 1.54) is 0 Å². The topological polar surface area (TPSA) is 0 Å². The van der Waals surface area contributed by atoms with Crippen LogP contribution in [0, 0.1) is 5.92 Å². The molecule has 0 rings (SSSR count). The molecule has 1 unspecified atom stereocenters. The number of alkyl halides is 14. The second kappa shape index (κ2) is 9.03. The van der Waals surface area contributed by atoms with E-state index in [1.54, 1.807) is 6.92 Å². The predicted molar refractivity (Wildman–Crippen MR) is 73.4 cm³/mol. The van der Waals surface area contributed by atoms with E-state index >= 15 is 0 Å². The fraction of sp³-hybridized carbons (Fsp3) is 1.00. The molecule has 0 aliphatic carbocycles. The zero-order chi connectivity index (χ0) is 23.5. The highest BCUT2D eigenvalue weighted by Crippen LogP contribution is 2.53. The lowest BCUT2D eigenvalue weighted by atomic mass is 9.82. The van der Waals surface area contributed by atoms with Crippen molar-refractivity contribution in [3.8, 4) is 0 Å². The van der Waals surface area contributed by atoms with Crippen molar-refractivity contribution in [3.63, 3.8) is 0 Å². The second-order valence-electron chi connectivity index (χ2n) is 6.70. The molecule has 0 N–H and O–H groups in total. The number of halogens is 14. The van der Waals surface area contributed by atoms with Gasteiger partial charge in [0.15, 0.2) is 0 Å². The summed E-state index contributed by atoms with van der Waals surface area (Å²) in [4.78, 5) is 0. The first-order valence-corrected chi connectivity index (χ1v) is 8.28. The Bertz CT molecular complexity index is 467. The summed E-state index contributed by atoms with van der Waals surface area (Å²) >= 11 is 0. The summed E-state index contributed by atoms with van der Waals surface area (Å²) < 4.78 is 179. The van der Waals surface area contributed by atoms with Gasteiger partial charge in [-0.15, -0.1) is 0 Å². The van der Waals surface area contributed by atoms with Gasteiger partial charge in [0.2, 0.25) is 0 Å².